The highest BCUT2D eigenvalue weighted by atomic mass is 16.2. The van der Waals surface area contributed by atoms with E-state index < -0.39 is 0 Å². The molecule has 5 heterocycles. The van der Waals surface area contributed by atoms with Gasteiger partial charge in [0.25, 0.3) is 0 Å². The maximum absolute atomic E-state index is 13.4. The first kappa shape index (κ1) is 18.2. The van der Waals surface area contributed by atoms with E-state index in [9.17, 15) is 9.59 Å². The maximum Gasteiger partial charge on any atom is 0.242 e. The van der Waals surface area contributed by atoms with Crippen molar-refractivity contribution in [1.29, 1.82) is 0 Å². The van der Waals surface area contributed by atoms with Gasteiger partial charge in [0.15, 0.2) is 0 Å². The van der Waals surface area contributed by atoms with E-state index in [-0.39, 0.29) is 18.4 Å². The highest BCUT2D eigenvalue weighted by Gasteiger charge is 2.54. The van der Waals surface area contributed by atoms with E-state index in [1.54, 1.807) is 0 Å². The molecule has 1 aromatic rings. The molecule has 2 amide bonds. The van der Waals surface area contributed by atoms with E-state index in [0.717, 1.165) is 32.4 Å². The third-order valence-corrected chi connectivity index (χ3v) is 7.54. The highest BCUT2D eigenvalue weighted by Crippen LogP contribution is 2.46. The minimum atomic E-state index is 0.162. The Labute approximate surface area is 167 Å². The maximum atomic E-state index is 13.4. The average Bonchev–Trinajstić information content (AvgIpc) is 3.06. The van der Waals surface area contributed by atoms with Crippen molar-refractivity contribution < 1.29 is 9.59 Å². The number of benzene rings is 1. The Balaban J connectivity index is 1.39. The number of rotatable bonds is 3. The number of piperidine rings is 3. The second kappa shape index (κ2) is 7.51. The van der Waals surface area contributed by atoms with Crippen LogP contribution in [0.15, 0.2) is 30.3 Å². The van der Waals surface area contributed by atoms with Crippen molar-refractivity contribution in [1.82, 2.24) is 14.7 Å². The van der Waals surface area contributed by atoms with E-state index in [0.29, 0.717) is 30.3 Å². The molecule has 5 fully saturated rings. The van der Waals surface area contributed by atoms with Gasteiger partial charge in [-0.2, -0.15) is 0 Å². The van der Waals surface area contributed by atoms with Crippen LogP contribution in [0.4, 0.5) is 0 Å². The van der Waals surface area contributed by atoms with E-state index >= 15 is 0 Å². The van der Waals surface area contributed by atoms with Gasteiger partial charge in [-0.05, 0) is 50.3 Å². The summed E-state index contributed by atoms with van der Waals surface area (Å²) < 4.78 is 0. The number of likely N-dealkylation sites (tertiary alicyclic amines) is 2. The zero-order chi connectivity index (χ0) is 19.1. The van der Waals surface area contributed by atoms with Gasteiger partial charge in [0.05, 0.1) is 12.6 Å². The summed E-state index contributed by atoms with van der Waals surface area (Å²) in [6.07, 6.45) is 6.09. The van der Waals surface area contributed by atoms with Crippen LogP contribution >= 0.6 is 0 Å². The van der Waals surface area contributed by atoms with Gasteiger partial charge >= 0.3 is 0 Å². The molecular weight excluding hydrogens is 350 g/mol. The summed E-state index contributed by atoms with van der Waals surface area (Å²) in [5, 5.41) is 0. The smallest absolute Gasteiger partial charge is 0.242 e. The molecule has 6 rings (SSSR count). The number of nitrogens with zero attached hydrogens (tertiary/aromatic N) is 3. The van der Waals surface area contributed by atoms with Gasteiger partial charge in [-0.25, -0.2) is 0 Å². The van der Waals surface area contributed by atoms with Crippen molar-refractivity contribution in [3.05, 3.63) is 35.9 Å². The lowest BCUT2D eigenvalue weighted by molar-refractivity contribution is -0.143. The summed E-state index contributed by atoms with van der Waals surface area (Å²) in [7, 11) is 0. The number of hydrogen-bond acceptors (Lipinski definition) is 3. The zero-order valence-corrected chi connectivity index (χ0v) is 16.6. The van der Waals surface area contributed by atoms with Crippen LogP contribution in [0.25, 0.3) is 0 Å². The molecule has 5 nitrogen and oxygen atoms in total. The molecule has 0 unspecified atom stereocenters. The molecule has 3 atom stereocenters. The fourth-order valence-corrected chi connectivity index (χ4v) is 6.16. The average molecular weight is 382 g/mol. The Hall–Kier alpha value is -1.88. The van der Waals surface area contributed by atoms with E-state index in [1.165, 1.54) is 31.5 Å². The Bertz CT molecular complexity index is 729. The van der Waals surface area contributed by atoms with Crippen LogP contribution in [0.2, 0.25) is 0 Å². The normalized spacial score (nSPS) is 35.0. The summed E-state index contributed by atoms with van der Waals surface area (Å²) in [6, 6.07) is 11.5. The molecule has 5 heteroatoms. The molecule has 0 spiro atoms. The molecule has 5 aliphatic heterocycles. The molecule has 5 aliphatic rings. The lowest BCUT2D eigenvalue weighted by Gasteiger charge is -2.51. The summed E-state index contributed by atoms with van der Waals surface area (Å²) in [5.74, 6) is 1.33. The lowest BCUT2D eigenvalue weighted by Crippen LogP contribution is -2.61. The highest BCUT2D eigenvalue weighted by molar-refractivity contribution is 5.85. The van der Waals surface area contributed by atoms with Crippen LogP contribution in [-0.2, 0) is 9.59 Å². The van der Waals surface area contributed by atoms with E-state index in [4.69, 9.17) is 0 Å². The first-order chi connectivity index (χ1) is 13.7. The minimum absolute atomic E-state index is 0.162. The summed E-state index contributed by atoms with van der Waals surface area (Å²) in [4.78, 5) is 32.4. The molecule has 0 aromatic heterocycles. The first-order valence-corrected chi connectivity index (χ1v) is 11.1. The lowest BCUT2D eigenvalue weighted by atomic mass is 9.75. The van der Waals surface area contributed by atoms with Gasteiger partial charge in [0.2, 0.25) is 11.8 Å². The molecular formula is C23H31N3O2. The van der Waals surface area contributed by atoms with Crippen molar-refractivity contribution in [2.24, 2.45) is 5.92 Å². The molecule has 0 saturated carbocycles. The topological polar surface area (TPSA) is 43.9 Å². The molecule has 0 radical (unpaired) electrons. The van der Waals surface area contributed by atoms with Crippen molar-refractivity contribution in [2.75, 3.05) is 32.7 Å². The third kappa shape index (κ3) is 3.14. The van der Waals surface area contributed by atoms with Gasteiger partial charge in [0.1, 0.15) is 0 Å². The summed E-state index contributed by atoms with van der Waals surface area (Å²) >= 11 is 0. The zero-order valence-electron chi connectivity index (χ0n) is 16.6. The second-order valence-electron chi connectivity index (χ2n) is 9.04. The summed E-state index contributed by atoms with van der Waals surface area (Å²) in [5.41, 5.74) is 1.35. The van der Waals surface area contributed by atoms with Crippen LogP contribution in [0.1, 0.15) is 50.0 Å². The van der Waals surface area contributed by atoms with Gasteiger partial charge in [0, 0.05) is 31.5 Å². The number of carbonyl (C=O) groups excluding carboxylic acids is 2. The minimum Gasteiger partial charge on any atom is -0.336 e. The standard InChI is InChI=1S/C23H31N3O2/c27-20-9-5-2-6-12-25(20)16-21(28)26-15-19(17-7-3-1-4-8-17)23-22(26)18-10-13-24(23)14-11-18/h1,3-4,7-8,18-19,22-23H,2,5-6,9-16H2/t19-,22+,23+/m0/s1. The van der Waals surface area contributed by atoms with Crippen LogP contribution in [0.3, 0.4) is 0 Å². The van der Waals surface area contributed by atoms with Gasteiger partial charge in [-0.15, -0.1) is 0 Å². The molecule has 28 heavy (non-hydrogen) atoms. The van der Waals surface area contributed by atoms with E-state index in [1.807, 2.05) is 4.90 Å². The van der Waals surface area contributed by atoms with Crippen LogP contribution in [-0.4, -0.2) is 71.3 Å². The molecule has 150 valence electrons. The van der Waals surface area contributed by atoms with Crippen LogP contribution in [0.5, 0.6) is 0 Å². The fourth-order valence-electron chi connectivity index (χ4n) is 6.16. The van der Waals surface area contributed by atoms with Gasteiger partial charge in [-0.1, -0.05) is 36.8 Å². The largest absolute Gasteiger partial charge is 0.336 e. The van der Waals surface area contributed by atoms with E-state index in [2.05, 4.69) is 40.1 Å². The second-order valence-corrected chi connectivity index (χ2v) is 9.04. The van der Waals surface area contributed by atoms with Crippen molar-refractivity contribution in [2.45, 2.75) is 56.5 Å². The van der Waals surface area contributed by atoms with Crippen molar-refractivity contribution in [3.8, 4) is 0 Å². The molecule has 0 N–H and O–H groups in total. The Morgan fingerprint density at radius 2 is 1.75 bits per heavy atom. The van der Waals surface area contributed by atoms with Crippen LogP contribution in [0, 0.1) is 5.92 Å². The number of hydrogen-bond donors (Lipinski definition) is 0. The first-order valence-electron chi connectivity index (χ1n) is 11.1. The molecule has 2 bridgehead atoms. The Kier molecular flexibility index (Phi) is 4.87. The Morgan fingerprint density at radius 1 is 0.964 bits per heavy atom. The molecule has 0 aliphatic carbocycles. The van der Waals surface area contributed by atoms with Crippen LogP contribution < -0.4 is 0 Å². The van der Waals surface area contributed by atoms with Crippen molar-refractivity contribution >= 4 is 11.8 Å². The monoisotopic (exact) mass is 381 g/mol. The SMILES string of the molecule is O=C1CCCCCN1CC(=O)N1C[C@@H](c2ccccc2)[C@@H]2[C@H]1C1CCN2CC1. The number of carbonyl (C=O) groups is 2. The fraction of sp³-hybridized carbons (Fsp3) is 0.652. The third-order valence-electron chi connectivity index (χ3n) is 7.54. The van der Waals surface area contributed by atoms with Crippen molar-refractivity contribution in [3.63, 3.8) is 0 Å². The predicted molar refractivity (Wildman–Crippen MR) is 108 cm³/mol. The van der Waals surface area contributed by atoms with Gasteiger partial charge in [-0.3, -0.25) is 14.5 Å². The number of fused-ring (bicyclic) bond motifs is 2. The Morgan fingerprint density at radius 3 is 2.54 bits per heavy atom. The predicted octanol–water partition coefficient (Wildman–Crippen LogP) is 2.48. The van der Waals surface area contributed by atoms with Gasteiger partial charge < -0.3 is 9.80 Å². The molecule has 1 aromatic carbocycles. The molecule has 5 saturated heterocycles. The quantitative estimate of drug-likeness (QED) is 0.808. The summed E-state index contributed by atoms with van der Waals surface area (Å²) in [6.45, 7) is 4.15. The number of amides is 2.